The van der Waals surface area contributed by atoms with E-state index in [4.69, 9.17) is 11.6 Å². The molecule has 0 aromatic heterocycles. The average Bonchev–Trinajstić information content (AvgIpc) is 2.67. The molecule has 1 aliphatic rings. The van der Waals surface area contributed by atoms with Crippen LogP contribution in [-0.2, 0) is 4.79 Å². The lowest BCUT2D eigenvalue weighted by Crippen LogP contribution is -2.28. The fourth-order valence-corrected chi connectivity index (χ4v) is 1.49. The maximum absolute atomic E-state index is 10.6. The molecule has 0 N–H and O–H groups in total. The largest absolute Gasteiger partial charge is 0.303 e. The smallest absolute Gasteiger partial charge is 0.126 e. The summed E-state index contributed by atoms with van der Waals surface area (Å²) >= 11 is 5.74. The van der Waals surface area contributed by atoms with Crippen molar-refractivity contribution in [3.63, 3.8) is 0 Å². The van der Waals surface area contributed by atoms with E-state index in [2.05, 4.69) is 13.8 Å². The monoisotopic (exact) mass is 160 g/mol. The molecule has 0 aromatic rings. The Morgan fingerprint density at radius 1 is 1.60 bits per heavy atom. The Morgan fingerprint density at radius 2 is 2.10 bits per heavy atom. The van der Waals surface area contributed by atoms with Crippen LogP contribution in [0.5, 0.6) is 0 Å². The van der Waals surface area contributed by atoms with Gasteiger partial charge in [-0.1, -0.05) is 13.8 Å². The molecule has 1 nitrogen and oxygen atoms in total. The van der Waals surface area contributed by atoms with Crippen molar-refractivity contribution in [3.05, 3.63) is 0 Å². The van der Waals surface area contributed by atoms with Crippen molar-refractivity contribution in [1.29, 1.82) is 0 Å². The molecular weight excluding hydrogens is 148 g/mol. The van der Waals surface area contributed by atoms with E-state index in [0.717, 1.165) is 19.1 Å². The van der Waals surface area contributed by atoms with Gasteiger partial charge in [0.2, 0.25) is 0 Å². The quantitative estimate of drug-likeness (QED) is 0.457. The fourth-order valence-electron chi connectivity index (χ4n) is 1.22. The zero-order valence-electron chi connectivity index (χ0n) is 6.48. The van der Waals surface area contributed by atoms with Gasteiger partial charge in [-0.2, -0.15) is 0 Å². The van der Waals surface area contributed by atoms with Crippen molar-refractivity contribution >= 4 is 17.9 Å². The van der Waals surface area contributed by atoms with Gasteiger partial charge in [-0.3, -0.25) is 0 Å². The molecule has 0 unspecified atom stereocenters. The van der Waals surface area contributed by atoms with Gasteiger partial charge in [-0.25, -0.2) is 0 Å². The van der Waals surface area contributed by atoms with E-state index in [-0.39, 0.29) is 10.8 Å². The molecule has 0 radical (unpaired) electrons. The summed E-state index contributed by atoms with van der Waals surface area (Å²) in [5, 5.41) is 0. The molecule has 0 saturated heterocycles. The predicted octanol–water partition coefficient (Wildman–Crippen LogP) is 2.23. The zero-order valence-corrected chi connectivity index (χ0v) is 7.24. The summed E-state index contributed by atoms with van der Waals surface area (Å²) in [6, 6.07) is 0. The van der Waals surface area contributed by atoms with Crippen molar-refractivity contribution in [3.8, 4) is 0 Å². The Labute approximate surface area is 66.8 Å². The molecule has 0 heterocycles. The minimum Gasteiger partial charge on any atom is -0.303 e. The summed E-state index contributed by atoms with van der Waals surface area (Å²) in [6.45, 7) is 4.11. The zero-order chi connectivity index (χ0) is 7.83. The number of aldehydes is 1. The molecule has 1 saturated carbocycles. The SMILES string of the molecule is CC(C)(CCl)C1(C=O)CC1. The molecule has 0 aromatic carbocycles. The van der Waals surface area contributed by atoms with E-state index in [0.29, 0.717) is 5.88 Å². The first-order valence-electron chi connectivity index (χ1n) is 3.60. The highest BCUT2D eigenvalue weighted by Gasteiger charge is 2.53. The molecule has 0 aliphatic heterocycles. The van der Waals surface area contributed by atoms with Crippen LogP contribution in [0.15, 0.2) is 0 Å². The number of halogens is 1. The molecule has 1 rings (SSSR count). The fraction of sp³-hybridized carbons (Fsp3) is 0.875. The molecule has 0 amide bonds. The normalized spacial score (nSPS) is 22.3. The Kier molecular flexibility index (Phi) is 1.80. The third-order valence-electron chi connectivity index (χ3n) is 2.70. The van der Waals surface area contributed by atoms with Crippen LogP contribution in [0, 0.1) is 10.8 Å². The Bertz CT molecular complexity index is 147. The minimum atomic E-state index is -0.0747. The maximum atomic E-state index is 10.6. The summed E-state index contributed by atoms with van der Waals surface area (Å²) in [6.07, 6.45) is 3.13. The highest BCUT2D eigenvalue weighted by molar-refractivity contribution is 6.18. The average molecular weight is 161 g/mol. The highest BCUT2D eigenvalue weighted by Crippen LogP contribution is 2.57. The van der Waals surface area contributed by atoms with Crippen LogP contribution in [0.2, 0.25) is 0 Å². The minimum absolute atomic E-state index is 0.00367. The van der Waals surface area contributed by atoms with E-state index >= 15 is 0 Å². The number of hydrogen-bond donors (Lipinski definition) is 0. The van der Waals surface area contributed by atoms with Gasteiger partial charge in [0.1, 0.15) is 6.29 Å². The second kappa shape index (κ2) is 2.23. The Morgan fingerprint density at radius 3 is 2.20 bits per heavy atom. The van der Waals surface area contributed by atoms with Gasteiger partial charge < -0.3 is 4.79 Å². The Hall–Kier alpha value is -0.0400. The molecule has 0 bridgehead atoms. The topological polar surface area (TPSA) is 17.1 Å². The van der Waals surface area contributed by atoms with Gasteiger partial charge in [0.25, 0.3) is 0 Å². The van der Waals surface area contributed by atoms with Crippen LogP contribution in [0.3, 0.4) is 0 Å². The van der Waals surface area contributed by atoms with E-state index in [1.165, 1.54) is 0 Å². The van der Waals surface area contributed by atoms with Crippen LogP contribution < -0.4 is 0 Å². The van der Waals surface area contributed by atoms with Crippen LogP contribution in [0.4, 0.5) is 0 Å². The highest BCUT2D eigenvalue weighted by atomic mass is 35.5. The number of rotatable bonds is 3. The van der Waals surface area contributed by atoms with Crippen molar-refractivity contribution in [2.75, 3.05) is 5.88 Å². The lowest BCUT2D eigenvalue weighted by Gasteiger charge is -2.27. The summed E-state index contributed by atoms with van der Waals surface area (Å²) < 4.78 is 0. The number of alkyl halides is 1. The number of carbonyl (C=O) groups excluding carboxylic acids is 1. The van der Waals surface area contributed by atoms with Crippen molar-refractivity contribution in [2.45, 2.75) is 26.7 Å². The molecule has 58 valence electrons. The molecular formula is C8H13ClO. The first-order chi connectivity index (χ1) is 4.58. The maximum Gasteiger partial charge on any atom is 0.126 e. The summed E-state index contributed by atoms with van der Waals surface area (Å²) in [7, 11) is 0. The second-order valence-corrected chi connectivity index (χ2v) is 4.06. The lowest BCUT2D eigenvalue weighted by atomic mass is 9.78. The molecule has 0 spiro atoms. The van der Waals surface area contributed by atoms with Gasteiger partial charge in [-0.05, 0) is 18.3 Å². The summed E-state index contributed by atoms with van der Waals surface area (Å²) in [5.41, 5.74) is -0.0783. The molecule has 2 heteroatoms. The Balaban J connectivity index is 2.71. The second-order valence-electron chi connectivity index (χ2n) is 3.79. The van der Waals surface area contributed by atoms with Gasteiger partial charge in [0.15, 0.2) is 0 Å². The third kappa shape index (κ3) is 0.968. The predicted molar refractivity (Wildman–Crippen MR) is 42.2 cm³/mol. The van der Waals surface area contributed by atoms with E-state index in [1.807, 2.05) is 0 Å². The van der Waals surface area contributed by atoms with Gasteiger partial charge in [0, 0.05) is 11.3 Å². The first-order valence-corrected chi connectivity index (χ1v) is 4.14. The van der Waals surface area contributed by atoms with Crippen LogP contribution in [0.25, 0.3) is 0 Å². The molecule has 10 heavy (non-hydrogen) atoms. The lowest BCUT2D eigenvalue weighted by molar-refractivity contribution is -0.115. The van der Waals surface area contributed by atoms with Gasteiger partial charge in [0.05, 0.1) is 0 Å². The molecule has 1 aliphatic carbocycles. The standard InChI is InChI=1S/C8H13ClO/c1-7(2,5-9)8(6-10)3-4-8/h6H,3-5H2,1-2H3. The van der Waals surface area contributed by atoms with Crippen LogP contribution in [-0.4, -0.2) is 12.2 Å². The van der Waals surface area contributed by atoms with Gasteiger partial charge in [-0.15, -0.1) is 11.6 Å². The number of hydrogen-bond acceptors (Lipinski definition) is 1. The van der Waals surface area contributed by atoms with E-state index < -0.39 is 0 Å². The summed E-state index contributed by atoms with van der Waals surface area (Å²) in [5.74, 6) is 0.575. The van der Waals surface area contributed by atoms with Crippen LogP contribution in [0.1, 0.15) is 26.7 Å². The number of carbonyl (C=O) groups is 1. The van der Waals surface area contributed by atoms with Crippen molar-refractivity contribution in [1.82, 2.24) is 0 Å². The summed E-state index contributed by atoms with van der Waals surface area (Å²) in [4.78, 5) is 10.6. The molecule has 0 atom stereocenters. The first kappa shape index (κ1) is 8.06. The van der Waals surface area contributed by atoms with Crippen molar-refractivity contribution in [2.24, 2.45) is 10.8 Å². The van der Waals surface area contributed by atoms with Crippen molar-refractivity contribution < 1.29 is 4.79 Å². The van der Waals surface area contributed by atoms with Crippen LogP contribution >= 0.6 is 11.6 Å². The van der Waals surface area contributed by atoms with E-state index in [9.17, 15) is 4.79 Å². The third-order valence-corrected chi connectivity index (χ3v) is 3.36. The van der Waals surface area contributed by atoms with E-state index in [1.54, 1.807) is 0 Å². The molecule has 1 fully saturated rings. The van der Waals surface area contributed by atoms with Gasteiger partial charge >= 0.3 is 0 Å².